The van der Waals surface area contributed by atoms with E-state index in [9.17, 15) is 9.59 Å². The number of benzene rings is 2. The van der Waals surface area contributed by atoms with Gasteiger partial charge in [-0.1, -0.05) is 37.3 Å². The third kappa shape index (κ3) is 3.11. The van der Waals surface area contributed by atoms with Crippen molar-refractivity contribution in [2.75, 3.05) is 7.11 Å². The second-order valence-electron chi connectivity index (χ2n) is 5.81. The number of methoxy groups -OCH3 is 1. The number of cyclic esters (lactones) is 1. The summed E-state index contributed by atoms with van der Waals surface area (Å²) in [6.07, 6.45) is -0.385. The lowest BCUT2D eigenvalue weighted by Gasteiger charge is -2.17. The molecule has 0 saturated carbocycles. The summed E-state index contributed by atoms with van der Waals surface area (Å²) in [6.45, 7) is 1.90. The number of ether oxygens (including phenoxy) is 2. The van der Waals surface area contributed by atoms with Gasteiger partial charge in [-0.3, -0.25) is 4.79 Å². The fourth-order valence-corrected chi connectivity index (χ4v) is 2.86. The zero-order valence-corrected chi connectivity index (χ0v) is 13.6. The van der Waals surface area contributed by atoms with Gasteiger partial charge in [0.1, 0.15) is 17.9 Å². The zero-order valence-electron chi connectivity index (χ0n) is 13.6. The standard InChI is InChI=1S/C19H19NO4/c1-12-16(20-18(21)14-6-4-3-5-7-14)19(22)24-17(12)13-8-10-15(23-2)11-9-13/h3-12,16-17H,1-2H3,(H,20,21)/t12-,16-,17-/m0/s1. The van der Waals surface area contributed by atoms with Crippen LogP contribution < -0.4 is 10.1 Å². The molecule has 0 bridgehead atoms. The fraction of sp³-hybridized carbons (Fsp3) is 0.263. The Morgan fingerprint density at radius 1 is 1.08 bits per heavy atom. The Labute approximate surface area is 140 Å². The van der Waals surface area contributed by atoms with Crippen LogP contribution in [0.4, 0.5) is 0 Å². The molecule has 0 aliphatic carbocycles. The predicted octanol–water partition coefficient (Wildman–Crippen LogP) is 2.73. The molecule has 2 aromatic carbocycles. The lowest BCUT2D eigenvalue weighted by Crippen LogP contribution is -2.41. The Morgan fingerprint density at radius 2 is 1.75 bits per heavy atom. The highest BCUT2D eigenvalue weighted by Crippen LogP contribution is 2.36. The molecule has 3 atom stereocenters. The molecular weight excluding hydrogens is 306 g/mol. The molecule has 3 rings (SSSR count). The van der Waals surface area contributed by atoms with Gasteiger partial charge in [0.05, 0.1) is 7.11 Å². The van der Waals surface area contributed by atoms with E-state index >= 15 is 0 Å². The van der Waals surface area contributed by atoms with E-state index in [2.05, 4.69) is 5.32 Å². The summed E-state index contributed by atoms with van der Waals surface area (Å²) in [6, 6.07) is 15.5. The van der Waals surface area contributed by atoms with Gasteiger partial charge in [-0.25, -0.2) is 4.79 Å². The monoisotopic (exact) mass is 325 g/mol. The Morgan fingerprint density at radius 3 is 2.38 bits per heavy atom. The molecule has 5 nitrogen and oxygen atoms in total. The maximum atomic E-state index is 12.3. The minimum atomic E-state index is -0.662. The van der Waals surface area contributed by atoms with Crippen molar-refractivity contribution in [3.05, 3.63) is 65.7 Å². The summed E-state index contributed by atoms with van der Waals surface area (Å²) < 4.78 is 10.6. The molecule has 1 heterocycles. The lowest BCUT2D eigenvalue weighted by molar-refractivity contribution is -0.143. The third-order valence-electron chi connectivity index (χ3n) is 4.27. The van der Waals surface area contributed by atoms with Crippen LogP contribution in [0.25, 0.3) is 0 Å². The summed E-state index contributed by atoms with van der Waals surface area (Å²) in [7, 11) is 1.60. The van der Waals surface area contributed by atoms with Crippen molar-refractivity contribution in [3.63, 3.8) is 0 Å². The summed E-state index contributed by atoms with van der Waals surface area (Å²) in [4.78, 5) is 24.5. The average Bonchev–Trinajstić information content (AvgIpc) is 2.90. The molecular formula is C19H19NO4. The number of amides is 1. The lowest BCUT2D eigenvalue weighted by atomic mass is 9.93. The quantitative estimate of drug-likeness (QED) is 0.878. The van der Waals surface area contributed by atoms with Crippen LogP contribution in [0.3, 0.4) is 0 Å². The second-order valence-corrected chi connectivity index (χ2v) is 5.81. The Kier molecular flexibility index (Phi) is 4.51. The average molecular weight is 325 g/mol. The van der Waals surface area contributed by atoms with E-state index < -0.39 is 12.0 Å². The molecule has 124 valence electrons. The van der Waals surface area contributed by atoms with Crippen molar-refractivity contribution in [3.8, 4) is 5.75 Å². The van der Waals surface area contributed by atoms with E-state index in [0.29, 0.717) is 5.56 Å². The van der Waals surface area contributed by atoms with Crippen LogP contribution in [-0.2, 0) is 9.53 Å². The highest BCUT2D eigenvalue weighted by Gasteiger charge is 2.43. The third-order valence-corrected chi connectivity index (χ3v) is 4.27. The Balaban J connectivity index is 1.74. The van der Waals surface area contributed by atoms with Gasteiger partial charge in [-0.05, 0) is 29.8 Å². The molecule has 0 spiro atoms. The van der Waals surface area contributed by atoms with Gasteiger partial charge in [0.15, 0.2) is 0 Å². The normalized spacial score (nSPS) is 22.8. The molecule has 24 heavy (non-hydrogen) atoms. The van der Waals surface area contributed by atoms with Gasteiger partial charge < -0.3 is 14.8 Å². The molecule has 5 heteroatoms. The van der Waals surface area contributed by atoms with Crippen LogP contribution in [0.15, 0.2) is 54.6 Å². The van der Waals surface area contributed by atoms with Crippen molar-refractivity contribution in [2.24, 2.45) is 5.92 Å². The molecule has 1 saturated heterocycles. The van der Waals surface area contributed by atoms with Gasteiger partial charge in [0, 0.05) is 11.5 Å². The van der Waals surface area contributed by atoms with E-state index in [1.807, 2.05) is 37.3 Å². The van der Waals surface area contributed by atoms with Crippen LogP contribution in [-0.4, -0.2) is 25.0 Å². The number of hydrogen-bond donors (Lipinski definition) is 1. The molecule has 2 aromatic rings. The molecule has 0 unspecified atom stereocenters. The van der Waals surface area contributed by atoms with Crippen LogP contribution in [0.1, 0.15) is 28.9 Å². The summed E-state index contributed by atoms with van der Waals surface area (Å²) in [5.74, 6) is -0.115. The van der Waals surface area contributed by atoms with E-state index in [-0.39, 0.29) is 17.9 Å². The van der Waals surface area contributed by atoms with Gasteiger partial charge in [0.25, 0.3) is 5.91 Å². The van der Waals surface area contributed by atoms with Gasteiger partial charge in [0.2, 0.25) is 0 Å². The van der Waals surface area contributed by atoms with Crippen LogP contribution in [0.2, 0.25) is 0 Å². The van der Waals surface area contributed by atoms with E-state index in [1.165, 1.54) is 0 Å². The molecule has 1 N–H and O–H groups in total. The van der Waals surface area contributed by atoms with Crippen LogP contribution in [0.5, 0.6) is 5.75 Å². The first kappa shape index (κ1) is 16.1. The number of nitrogens with one attached hydrogen (secondary N) is 1. The van der Waals surface area contributed by atoms with Crippen molar-refractivity contribution >= 4 is 11.9 Å². The molecule has 1 aliphatic rings. The number of rotatable bonds is 4. The Bertz CT molecular complexity index is 727. The molecule has 1 aliphatic heterocycles. The van der Waals surface area contributed by atoms with Crippen molar-refractivity contribution in [2.45, 2.75) is 19.1 Å². The van der Waals surface area contributed by atoms with Crippen LogP contribution >= 0.6 is 0 Å². The minimum absolute atomic E-state index is 0.168. The maximum Gasteiger partial charge on any atom is 0.329 e. The number of carbonyl (C=O) groups excluding carboxylic acids is 2. The zero-order chi connectivity index (χ0) is 17.1. The molecule has 1 amide bonds. The highest BCUT2D eigenvalue weighted by atomic mass is 16.6. The van der Waals surface area contributed by atoms with E-state index in [4.69, 9.17) is 9.47 Å². The van der Waals surface area contributed by atoms with E-state index in [0.717, 1.165) is 11.3 Å². The van der Waals surface area contributed by atoms with Gasteiger partial charge in [-0.15, -0.1) is 0 Å². The molecule has 0 aromatic heterocycles. The highest BCUT2D eigenvalue weighted by molar-refractivity contribution is 5.97. The van der Waals surface area contributed by atoms with Crippen molar-refractivity contribution < 1.29 is 19.1 Å². The first-order valence-corrected chi connectivity index (χ1v) is 7.80. The van der Waals surface area contributed by atoms with Crippen molar-refractivity contribution in [1.82, 2.24) is 5.32 Å². The minimum Gasteiger partial charge on any atom is -0.497 e. The fourth-order valence-electron chi connectivity index (χ4n) is 2.86. The largest absolute Gasteiger partial charge is 0.497 e. The van der Waals surface area contributed by atoms with Gasteiger partial charge in [-0.2, -0.15) is 0 Å². The Hall–Kier alpha value is -2.82. The second kappa shape index (κ2) is 6.74. The predicted molar refractivity (Wildman–Crippen MR) is 88.7 cm³/mol. The first-order chi connectivity index (χ1) is 11.6. The maximum absolute atomic E-state index is 12.3. The summed E-state index contributed by atoms with van der Waals surface area (Å²) >= 11 is 0. The SMILES string of the molecule is COc1ccc([C@H]2OC(=O)[C@@H](NC(=O)c3ccccc3)[C@@H]2C)cc1. The smallest absolute Gasteiger partial charge is 0.329 e. The topological polar surface area (TPSA) is 64.6 Å². The summed E-state index contributed by atoms with van der Waals surface area (Å²) in [5, 5.41) is 2.78. The molecule has 0 radical (unpaired) electrons. The number of carbonyl (C=O) groups is 2. The first-order valence-electron chi connectivity index (χ1n) is 7.80. The van der Waals surface area contributed by atoms with E-state index in [1.54, 1.807) is 31.4 Å². The number of hydrogen-bond acceptors (Lipinski definition) is 4. The number of esters is 1. The van der Waals surface area contributed by atoms with Crippen molar-refractivity contribution in [1.29, 1.82) is 0 Å². The van der Waals surface area contributed by atoms with Gasteiger partial charge >= 0.3 is 5.97 Å². The summed E-state index contributed by atoms with van der Waals surface area (Å²) in [5.41, 5.74) is 1.40. The molecule has 1 fully saturated rings. The van der Waals surface area contributed by atoms with Crippen LogP contribution in [0, 0.1) is 5.92 Å².